The molecule has 3 aromatic rings. The van der Waals surface area contributed by atoms with Gasteiger partial charge in [-0.15, -0.1) is 0 Å². The number of hydrogen-bond donors (Lipinski definition) is 1. The molecule has 1 N–H and O–H groups in total. The van der Waals surface area contributed by atoms with Crippen molar-refractivity contribution in [2.45, 2.75) is 6.61 Å². The van der Waals surface area contributed by atoms with Crippen molar-refractivity contribution in [3.05, 3.63) is 71.8 Å². The highest BCUT2D eigenvalue weighted by Gasteiger charge is 2.19. The Labute approximate surface area is 181 Å². The molecule has 0 heterocycles. The largest absolute Gasteiger partial charge is 0.497 e. The number of amides is 1. The first-order valence-corrected chi connectivity index (χ1v) is 9.55. The highest BCUT2D eigenvalue weighted by Crippen LogP contribution is 2.39. The number of nitrogens with one attached hydrogen (secondary N) is 1. The van der Waals surface area contributed by atoms with Crippen LogP contribution in [0, 0.1) is 0 Å². The van der Waals surface area contributed by atoms with Crippen LogP contribution in [0.1, 0.15) is 15.9 Å². The van der Waals surface area contributed by atoms with Gasteiger partial charge in [-0.1, -0.05) is 30.3 Å². The van der Waals surface area contributed by atoms with E-state index < -0.39 is 0 Å². The Hall–Kier alpha value is -3.87. The first-order valence-electron chi connectivity index (χ1n) is 9.55. The summed E-state index contributed by atoms with van der Waals surface area (Å²) in [5.74, 6) is 1.96. The van der Waals surface area contributed by atoms with Crippen LogP contribution in [0.15, 0.2) is 60.7 Å². The van der Waals surface area contributed by atoms with E-state index in [2.05, 4.69) is 5.32 Å². The van der Waals surface area contributed by atoms with Gasteiger partial charge < -0.3 is 29.0 Å². The molecule has 0 saturated carbocycles. The van der Waals surface area contributed by atoms with Crippen molar-refractivity contribution in [1.82, 2.24) is 0 Å². The van der Waals surface area contributed by atoms with Crippen LogP contribution in [-0.2, 0) is 6.61 Å². The van der Waals surface area contributed by atoms with Gasteiger partial charge in [0.1, 0.15) is 18.1 Å². The zero-order chi connectivity index (χ0) is 22.2. The molecular formula is C24H25NO6. The van der Waals surface area contributed by atoms with Crippen LogP contribution in [0.25, 0.3) is 0 Å². The molecule has 0 atom stereocenters. The molecule has 0 aliphatic heterocycles. The zero-order valence-electron chi connectivity index (χ0n) is 17.9. The Morgan fingerprint density at radius 2 is 1.42 bits per heavy atom. The summed E-state index contributed by atoms with van der Waals surface area (Å²) in [7, 11) is 6.11. The topological polar surface area (TPSA) is 75.3 Å². The lowest BCUT2D eigenvalue weighted by atomic mass is 10.1. The number of hydrogen-bond acceptors (Lipinski definition) is 6. The molecule has 0 aliphatic rings. The van der Waals surface area contributed by atoms with Gasteiger partial charge in [-0.3, -0.25) is 4.79 Å². The third kappa shape index (κ3) is 5.19. The molecule has 0 aliphatic carbocycles. The average Bonchev–Trinajstić information content (AvgIpc) is 2.82. The molecule has 7 nitrogen and oxygen atoms in total. The number of carbonyl (C=O) groups excluding carboxylic acids is 1. The van der Waals surface area contributed by atoms with E-state index in [0.29, 0.717) is 46.6 Å². The molecule has 0 fully saturated rings. The van der Waals surface area contributed by atoms with E-state index in [-0.39, 0.29) is 5.91 Å². The molecule has 1 amide bonds. The van der Waals surface area contributed by atoms with E-state index in [4.69, 9.17) is 23.7 Å². The van der Waals surface area contributed by atoms with Crippen molar-refractivity contribution in [2.24, 2.45) is 0 Å². The van der Waals surface area contributed by atoms with Gasteiger partial charge in [0, 0.05) is 11.6 Å². The van der Waals surface area contributed by atoms with Crippen molar-refractivity contribution in [1.29, 1.82) is 0 Å². The molecule has 0 unspecified atom stereocenters. The van der Waals surface area contributed by atoms with Crippen LogP contribution in [0.5, 0.6) is 28.7 Å². The Bertz CT molecular complexity index is 1010. The summed E-state index contributed by atoms with van der Waals surface area (Å²) in [5.41, 5.74) is 1.86. The van der Waals surface area contributed by atoms with Gasteiger partial charge in [0.05, 0.1) is 34.1 Å². The summed E-state index contributed by atoms with van der Waals surface area (Å²) in [5, 5.41) is 2.84. The zero-order valence-corrected chi connectivity index (χ0v) is 17.9. The lowest BCUT2D eigenvalue weighted by molar-refractivity contribution is 0.102. The lowest BCUT2D eigenvalue weighted by Crippen LogP contribution is -2.13. The van der Waals surface area contributed by atoms with Gasteiger partial charge in [-0.25, -0.2) is 0 Å². The molecule has 162 valence electrons. The molecule has 0 radical (unpaired) electrons. The highest BCUT2D eigenvalue weighted by molar-refractivity contribution is 6.05. The smallest absolute Gasteiger partial charge is 0.256 e. The SMILES string of the molecule is COc1ccc(NC(=O)c2cc(OC)c(OCc3ccccc3)c(OC)c2)c(OC)c1. The van der Waals surface area contributed by atoms with Crippen LogP contribution in [0.3, 0.4) is 0 Å². The summed E-state index contributed by atoms with van der Waals surface area (Å²) in [6, 6.07) is 18.1. The van der Waals surface area contributed by atoms with Crippen molar-refractivity contribution in [3.8, 4) is 28.7 Å². The molecule has 7 heteroatoms. The summed E-state index contributed by atoms with van der Waals surface area (Å²) in [6.07, 6.45) is 0. The van der Waals surface area contributed by atoms with E-state index in [1.807, 2.05) is 30.3 Å². The minimum Gasteiger partial charge on any atom is -0.497 e. The summed E-state index contributed by atoms with van der Waals surface area (Å²) >= 11 is 0. The third-order valence-electron chi connectivity index (χ3n) is 4.61. The molecule has 3 aromatic carbocycles. The number of benzene rings is 3. The number of rotatable bonds is 9. The van der Waals surface area contributed by atoms with Gasteiger partial charge in [-0.05, 0) is 29.8 Å². The van der Waals surface area contributed by atoms with E-state index in [1.54, 1.807) is 37.4 Å². The number of anilines is 1. The van der Waals surface area contributed by atoms with Crippen LogP contribution >= 0.6 is 0 Å². The fraction of sp³-hybridized carbons (Fsp3) is 0.208. The molecule has 31 heavy (non-hydrogen) atoms. The summed E-state index contributed by atoms with van der Waals surface area (Å²) in [4.78, 5) is 12.9. The Morgan fingerprint density at radius 3 is 2.00 bits per heavy atom. The van der Waals surface area contributed by atoms with Gasteiger partial charge >= 0.3 is 0 Å². The predicted molar refractivity (Wildman–Crippen MR) is 118 cm³/mol. The number of carbonyl (C=O) groups is 1. The molecule has 0 aromatic heterocycles. The van der Waals surface area contributed by atoms with Crippen LogP contribution < -0.4 is 29.0 Å². The highest BCUT2D eigenvalue weighted by atomic mass is 16.5. The van der Waals surface area contributed by atoms with Gasteiger partial charge in [-0.2, -0.15) is 0 Å². The second kappa shape index (κ2) is 10.2. The van der Waals surface area contributed by atoms with Crippen LogP contribution in [0.4, 0.5) is 5.69 Å². The molecule has 3 rings (SSSR count). The minimum absolute atomic E-state index is 0.335. The molecule has 0 bridgehead atoms. The van der Waals surface area contributed by atoms with E-state index >= 15 is 0 Å². The minimum atomic E-state index is -0.352. The summed E-state index contributed by atoms with van der Waals surface area (Å²) < 4.78 is 27.4. The Balaban J connectivity index is 1.85. The maximum absolute atomic E-state index is 12.9. The van der Waals surface area contributed by atoms with Crippen molar-refractivity contribution in [3.63, 3.8) is 0 Å². The Kier molecular flexibility index (Phi) is 7.22. The van der Waals surface area contributed by atoms with Crippen LogP contribution in [-0.4, -0.2) is 34.3 Å². The van der Waals surface area contributed by atoms with E-state index in [9.17, 15) is 4.79 Å². The quantitative estimate of drug-likeness (QED) is 0.544. The van der Waals surface area contributed by atoms with Gasteiger partial charge in [0.15, 0.2) is 11.5 Å². The van der Waals surface area contributed by atoms with Gasteiger partial charge in [0.25, 0.3) is 5.91 Å². The maximum Gasteiger partial charge on any atom is 0.256 e. The predicted octanol–water partition coefficient (Wildman–Crippen LogP) is 4.55. The van der Waals surface area contributed by atoms with E-state index in [1.165, 1.54) is 21.3 Å². The van der Waals surface area contributed by atoms with Crippen molar-refractivity contribution >= 4 is 11.6 Å². The first-order chi connectivity index (χ1) is 15.1. The lowest BCUT2D eigenvalue weighted by Gasteiger charge is -2.17. The monoisotopic (exact) mass is 423 g/mol. The maximum atomic E-state index is 12.9. The number of ether oxygens (including phenoxy) is 5. The second-order valence-electron chi connectivity index (χ2n) is 6.50. The fourth-order valence-corrected chi connectivity index (χ4v) is 2.98. The summed E-state index contributed by atoms with van der Waals surface area (Å²) in [6.45, 7) is 0.335. The Morgan fingerprint density at radius 1 is 0.774 bits per heavy atom. The van der Waals surface area contributed by atoms with Crippen molar-refractivity contribution < 1.29 is 28.5 Å². The van der Waals surface area contributed by atoms with E-state index in [0.717, 1.165) is 5.56 Å². The van der Waals surface area contributed by atoms with Crippen LogP contribution in [0.2, 0.25) is 0 Å². The third-order valence-corrected chi connectivity index (χ3v) is 4.61. The molecule has 0 spiro atoms. The first kappa shape index (κ1) is 21.8. The fourth-order valence-electron chi connectivity index (χ4n) is 2.98. The normalized spacial score (nSPS) is 10.2. The van der Waals surface area contributed by atoms with Crippen molar-refractivity contribution in [2.75, 3.05) is 33.8 Å². The average molecular weight is 423 g/mol. The standard InChI is InChI=1S/C24H25NO6/c1-27-18-10-11-19(20(14-18)28-2)25-24(26)17-12-21(29-3)23(22(13-17)30-4)31-15-16-8-6-5-7-9-16/h5-14H,15H2,1-4H3,(H,25,26). The molecule has 0 saturated heterocycles. The van der Waals surface area contributed by atoms with Gasteiger partial charge in [0.2, 0.25) is 5.75 Å². The number of methoxy groups -OCH3 is 4. The molecular weight excluding hydrogens is 398 g/mol. The second-order valence-corrected chi connectivity index (χ2v) is 6.50.